The first kappa shape index (κ1) is 18.4. The first-order chi connectivity index (χ1) is 11.6. The van der Waals surface area contributed by atoms with Crippen molar-refractivity contribution in [3.8, 4) is 17.2 Å². The standard InChI is InChI=1S/C18H28N2O4/c1-13-7-5-6-8-20(13)12-17(21)19-11-14-9-15(22-2)18(24-4)16(10-14)23-3/h9-10,13H,5-8,11-12H2,1-4H3,(H,19,21)/t13-/m0/s1. The maximum Gasteiger partial charge on any atom is 0.234 e. The second kappa shape index (κ2) is 8.78. The molecule has 6 heteroatoms. The van der Waals surface area contributed by atoms with Crippen LogP contribution < -0.4 is 19.5 Å². The summed E-state index contributed by atoms with van der Waals surface area (Å²) in [6, 6.07) is 4.18. The number of nitrogens with one attached hydrogen (secondary N) is 1. The third-order valence-corrected chi connectivity index (χ3v) is 4.50. The van der Waals surface area contributed by atoms with E-state index in [4.69, 9.17) is 14.2 Å². The number of carbonyl (C=O) groups excluding carboxylic acids is 1. The molecule has 1 heterocycles. The predicted molar refractivity (Wildman–Crippen MR) is 92.8 cm³/mol. The Kier molecular flexibility index (Phi) is 6.73. The second-order valence-electron chi connectivity index (χ2n) is 6.13. The van der Waals surface area contributed by atoms with E-state index in [1.165, 1.54) is 19.3 Å². The van der Waals surface area contributed by atoms with Crippen LogP contribution in [0.5, 0.6) is 17.2 Å². The molecule has 1 aromatic carbocycles. The zero-order chi connectivity index (χ0) is 17.5. The van der Waals surface area contributed by atoms with Gasteiger partial charge in [-0.05, 0) is 44.0 Å². The number of hydrogen-bond donors (Lipinski definition) is 1. The van der Waals surface area contributed by atoms with Crippen molar-refractivity contribution in [3.63, 3.8) is 0 Å². The van der Waals surface area contributed by atoms with Crippen LogP contribution in [0.2, 0.25) is 0 Å². The first-order valence-corrected chi connectivity index (χ1v) is 8.38. The number of nitrogens with zero attached hydrogens (tertiary/aromatic N) is 1. The number of rotatable bonds is 7. The van der Waals surface area contributed by atoms with Crippen molar-refractivity contribution >= 4 is 5.91 Å². The minimum Gasteiger partial charge on any atom is -0.493 e. The van der Waals surface area contributed by atoms with E-state index in [0.717, 1.165) is 12.1 Å². The fraction of sp³-hybridized carbons (Fsp3) is 0.611. The third-order valence-electron chi connectivity index (χ3n) is 4.50. The second-order valence-corrected chi connectivity index (χ2v) is 6.13. The van der Waals surface area contributed by atoms with Crippen LogP contribution in [0.1, 0.15) is 31.7 Å². The van der Waals surface area contributed by atoms with Crippen molar-refractivity contribution in [3.05, 3.63) is 17.7 Å². The topological polar surface area (TPSA) is 60.0 Å². The number of likely N-dealkylation sites (tertiary alicyclic amines) is 1. The number of carbonyl (C=O) groups is 1. The quantitative estimate of drug-likeness (QED) is 0.827. The highest BCUT2D eigenvalue weighted by Gasteiger charge is 2.20. The van der Waals surface area contributed by atoms with Crippen LogP contribution in [0.3, 0.4) is 0 Å². The van der Waals surface area contributed by atoms with E-state index in [-0.39, 0.29) is 5.91 Å². The average molecular weight is 336 g/mol. The Morgan fingerprint density at radius 1 is 1.17 bits per heavy atom. The molecule has 1 fully saturated rings. The van der Waals surface area contributed by atoms with Crippen molar-refractivity contribution in [2.45, 2.75) is 38.8 Å². The van der Waals surface area contributed by atoms with E-state index in [1.54, 1.807) is 21.3 Å². The molecule has 0 aromatic heterocycles. The average Bonchev–Trinajstić information content (AvgIpc) is 2.60. The molecule has 0 radical (unpaired) electrons. The molecule has 134 valence electrons. The summed E-state index contributed by atoms with van der Waals surface area (Å²) >= 11 is 0. The summed E-state index contributed by atoms with van der Waals surface area (Å²) in [6.45, 7) is 4.06. The number of benzene rings is 1. The first-order valence-electron chi connectivity index (χ1n) is 8.38. The Bertz CT molecular complexity index is 537. The minimum absolute atomic E-state index is 0.0394. The number of amides is 1. The Morgan fingerprint density at radius 2 is 1.83 bits per heavy atom. The van der Waals surface area contributed by atoms with E-state index in [0.29, 0.717) is 36.4 Å². The van der Waals surface area contributed by atoms with Crippen molar-refractivity contribution in [2.75, 3.05) is 34.4 Å². The molecule has 6 nitrogen and oxygen atoms in total. The van der Waals surface area contributed by atoms with Gasteiger partial charge in [0.2, 0.25) is 11.7 Å². The van der Waals surface area contributed by atoms with E-state index in [9.17, 15) is 4.79 Å². The Balaban J connectivity index is 1.97. The van der Waals surface area contributed by atoms with Crippen molar-refractivity contribution in [2.24, 2.45) is 0 Å². The highest BCUT2D eigenvalue weighted by molar-refractivity contribution is 5.78. The molecular formula is C18H28N2O4. The zero-order valence-electron chi connectivity index (χ0n) is 15.1. The predicted octanol–water partition coefficient (Wildman–Crippen LogP) is 2.20. The molecule has 1 aromatic rings. The smallest absolute Gasteiger partial charge is 0.234 e. The largest absolute Gasteiger partial charge is 0.493 e. The lowest BCUT2D eigenvalue weighted by molar-refractivity contribution is -0.123. The molecule has 1 amide bonds. The van der Waals surface area contributed by atoms with Crippen molar-refractivity contribution in [1.29, 1.82) is 0 Å². The van der Waals surface area contributed by atoms with Crippen molar-refractivity contribution in [1.82, 2.24) is 10.2 Å². The maximum atomic E-state index is 12.2. The number of ether oxygens (including phenoxy) is 3. The molecule has 1 aliphatic heterocycles. The molecule has 1 atom stereocenters. The number of hydrogen-bond acceptors (Lipinski definition) is 5. The molecule has 1 saturated heterocycles. The zero-order valence-corrected chi connectivity index (χ0v) is 15.1. The van der Waals surface area contributed by atoms with Gasteiger partial charge in [0.1, 0.15) is 0 Å². The summed E-state index contributed by atoms with van der Waals surface area (Å²) in [4.78, 5) is 14.5. The van der Waals surface area contributed by atoms with Crippen LogP contribution in [0.4, 0.5) is 0 Å². The van der Waals surface area contributed by atoms with Gasteiger partial charge in [0.15, 0.2) is 11.5 Å². The van der Waals surface area contributed by atoms with Crippen LogP contribution in [0, 0.1) is 0 Å². The SMILES string of the molecule is COc1cc(CNC(=O)CN2CCCC[C@@H]2C)cc(OC)c1OC. The maximum absolute atomic E-state index is 12.2. The van der Waals surface area contributed by atoms with Gasteiger partial charge in [-0.25, -0.2) is 0 Å². The fourth-order valence-corrected chi connectivity index (χ4v) is 3.07. The van der Waals surface area contributed by atoms with Gasteiger partial charge >= 0.3 is 0 Å². The molecule has 1 N–H and O–H groups in total. The van der Waals surface area contributed by atoms with E-state index < -0.39 is 0 Å². The van der Waals surface area contributed by atoms with Gasteiger partial charge in [-0.1, -0.05) is 6.42 Å². The lowest BCUT2D eigenvalue weighted by Crippen LogP contribution is -2.44. The third kappa shape index (κ3) is 4.54. The van der Waals surface area contributed by atoms with Gasteiger partial charge in [-0.2, -0.15) is 0 Å². The summed E-state index contributed by atoms with van der Waals surface area (Å²) in [5.74, 6) is 1.77. The van der Waals surface area contributed by atoms with Gasteiger partial charge in [-0.15, -0.1) is 0 Å². The van der Waals surface area contributed by atoms with Gasteiger partial charge in [0.25, 0.3) is 0 Å². The molecule has 2 rings (SSSR count). The summed E-state index contributed by atoms with van der Waals surface area (Å²) in [7, 11) is 4.73. The Morgan fingerprint density at radius 3 is 2.38 bits per heavy atom. The van der Waals surface area contributed by atoms with Gasteiger partial charge in [0, 0.05) is 12.6 Å². The van der Waals surface area contributed by atoms with Crippen LogP contribution in [-0.4, -0.2) is 51.3 Å². The summed E-state index contributed by atoms with van der Waals surface area (Å²) in [5, 5.41) is 2.97. The molecule has 1 aliphatic rings. The molecule has 0 saturated carbocycles. The number of piperidine rings is 1. The monoisotopic (exact) mass is 336 g/mol. The van der Waals surface area contributed by atoms with Crippen LogP contribution in [0.25, 0.3) is 0 Å². The van der Waals surface area contributed by atoms with Crippen molar-refractivity contribution < 1.29 is 19.0 Å². The molecule has 0 unspecified atom stereocenters. The summed E-state index contributed by atoms with van der Waals surface area (Å²) in [6.07, 6.45) is 3.59. The van der Waals surface area contributed by atoms with E-state index in [1.807, 2.05) is 12.1 Å². The van der Waals surface area contributed by atoms with E-state index >= 15 is 0 Å². The molecule has 0 aliphatic carbocycles. The summed E-state index contributed by atoms with van der Waals surface area (Å²) in [5.41, 5.74) is 0.907. The minimum atomic E-state index is 0.0394. The fourth-order valence-electron chi connectivity index (χ4n) is 3.07. The van der Waals surface area contributed by atoms with Crippen LogP contribution in [-0.2, 0) is 11.3 Å². The molecule has 24 heavy (non-hydrogen) atoms. The lowest BCUT2D eigenvalue weighted by atomic mass is 10.0. The number of methoxy groups -OCH3 is 3. The normalized spacial score (nSPS) is 18.1. The Labute approximate surface area is 144 Å². The van der Waals surface area contributed by atoms with Gasteiger partial charge in [0.05, 0.1) is 27.9 Å². The van der Waals surface area contributed by atoms with Gasteiger partial charge < -0.3 is 19.5 Å². The summed E-state index contributed by atoms with van der Waals surface area (Å²) < 4.78 is 16.0. The molecule has 0 bridgehead atoms. The lowest BCUT2D eigenvalue weighted by Gasteiger charge is -2.32. The molecule has 0 spiro atoms. The van der Waals surface area contributed by atoms with Crippen LogP contribution in [0.15, 0.2) is 12.1 Å². The highest BCUT2D eigenvalue weighted by Crippen LogP contribution is 2.38. The van der Waals surface area contributed by atoms with Crippen LogP contribution >= 0.6 is 0 Å². The van der Waals surface area contributed by atoms with Gasteiger partial charge in [-0.3, -0.25) is 9.69 Å². The Hall–Kier alpha value is -1.95. The van der Waals surface area contributed by atoms with E-state index in [2.05, 4.69) is 17.1 Å². The highest BCUT2D eigenvalue weighted by atomic mass is 16.5. The molecular weight excluding hydrogens is 308 g/mol.